The monoisotopic (exact) mass is 291 g/mol. The Bertz CT molecular complexity index is 494. The van der Waals surface area contributed by atoms with E-state index in [2.05, 4.69) is 59.9 Å². The minimum atomic E-state index is 0.192. The third-order valence-corrected chi connectivity index (χ3v) is 4.61. The van der Waals surface area contributed by atoms with Crippen molar-refractivity contribution in [2.45, 2.75) is 6.92 Å². The van der Waals surface area contributed by atoms with E-state index >= 15 is 0 Å². The standard InChI is InChI=1S/C16H23N2OS/c1-3-18(10-12-19)15-7-4-14(5-8-15)6-9-16-17(2)11-13-20-16/h4-9,19H,3,10-13H2,1-2H3/q+1. The molecule has 108 valence electrons. The van der Waals surface area contributed by atoms with E-state index in [1.165, 1.54) is 22.0 Å². The lowest BCUT2D eigenvalue weighted by atomic mass is 10.2. The third-order valence-electron chi connectivity index (χ3n) is 3.48. The van der Waals surface area contributed by atoms with Crippen molar-refractivity contribution in [2.24, 2.45) is 0 Å². The number of hydrogen-bond acceptors (Lipinski definition) is 3. The minimum Gasteiger partial charge on any atom is -0.395 e. The molecule has 2 rings (SSSR count). The summed E-state index contributed by atoms with van der Waals surface area (Å²) < 4.78 is 2.29. The number of aliphatic hydroxyl groups excluding tert-OH is 1. The first-order chi connectivity index (χ1) is 9.74. The van der Waals surface area contributed by atoms with Gasteiger partial charge in [0, 0.05) is 24.9 Å². The Balaban J connectivity index is 2.04. The topological polar surface area (TPSA) is 26.5 Å². The Morgan fingerprint density at radius 2 is 2.05 bits per heavy atom. The molecule has 0 unspecified atom stereocenters. The highest BCUT2D eigenvalue weighted by Crippen LogP contribution is 2.17. The van der Waals surface area contributed by atoms with Gasteiger partial charge in [-0.25, -0.2) is 4.58 Å². The van der Waals surface area contributed by atoms with Gasteiger partial charge in [-0.05, 0) is 30.7 Å². The van der Waals surface area contributed by atoms with Gasteiger partial charge in [0.1, 0.15) is 7.05 Å². The number of likely N-dealkylation sites (N-methyl/N-ethyl adjacent to an activating group) is 1. The van der Waals surface area contributed by atoms with Gasteiger partial charge in [-0.1, -0.05) is 23.9 Å². The molecule has 0 bridgehead atoms. The van der Waals surface area contributed by atoms with E-state index in [4.69, 9.17) is 5.11 Å². The largest absolute Gasteiger partial charge is 0.395 e. The van der Waals surface area contributed by atoms with E-state index in [-0.39, 0.29) is 6.61 Å². The minimum absolute atomic E-state index is 0.192. The fourth-order valence-electron chi connectivity index (χ4n) is 2.24. The highest BCUT2D eigenvalue weighted by Gasteiger charge is 2.15. The van der Waals surface area contributed by atoms with Gasteiger partial charge in [0.05, 0.1) is 12.4 Å². The van der Waals surface area contributed by atoms with Crippen LogP contribution in [0.4, 0.5) is 5.69 Å². The molecule has 0 saturated heterocycles. The summed E-state index contributed by atoms with van der Waals surface area (Å²) in [6.45, 7) is 5.03. The zero-order valence-electron chi connectivity index (χ0n) is 12.2. The third kappa shape index (κ3) is 3.87. The lowest BCUT2D eigenvalue weighted by Crippen LogP contribution is -2.25. The molecular weight excluding hydrogens is 268 g/mol. The summed E-state index contributed by atoms with van der Waals surface area (Å²) in [4.78, 5) is 2.17. The molecule has 0 aliphatic carbocycles. The molecule has 1 aliphatic heterocycles. The summed E-state index contributed by atoms with van der Waals surface area (Å²) in [6, 6.07) is 8.50. The van der Waals surface area contributed by atoms with Crippen LogP contribution in [0.25, 0.3) is 6.08 Å². The number of nitrogens with zero attached hydrogens (tertiary/aromatic N) is 2. The fourth-order valence-corrected chi connectivity index (χ4v) is 3.29. The van der Waals surface area contributed by atoms with E-state index in [1.807, 2.05) is 11.8 Å². The Morgan fingerprint density at radius 3 is 2.60 bits per heavy atom. The second kappa shape index (κ2) is 7.50. The average molecular weight is 291 g/mol. The van der Waals surface area contributed by atoms with Crippen molar-refractivity contribution in [3.8, 4) is 0 Å². The van der Waals surface area contributed by atoms with E-state index < -0.39 is 0 Å². The lowest BCUT2D eigenvalue weighted by Gasteiger charge is -2.21. The van der Waals surface area contributed by atoms with Crippen LogP contribution in [-0.4, -0.2) is 53.8 Å². The smallest absolute Gasteiger partial charge is 0.234 e. The van der Waals surface area contributed by atoms with Crippen molar-refractivity contribution in [3.05, 3.63) is 35.9 Å². The zero-order valence-corrected chi connectivity index (χ0v) is 13.1. The molecule has 1 aromatic carbocycles. The van der Waals surface area contributed by atoms with E-state index in [9.17, 15) is 0 Å². The summed E-state index contributed by atoms with van der Waals surface area (Å²) >= 11 is 1.91. The maximum absolute atomic E-state index is 9.05. The van der Waals surface area contributed by atoms with Crippen molar-refractivity contribution in [1.82, 2.24) is 0 Å². The van der Waals surface area contributed by atoms with E-state index in [0.29, 0.717) is 6.54 Å². The van der Waals surface area contributed by atoms with E-state index in [0.717, 1.165) is 13.1 Å². The van der Waals surface area contributed by atoms with Gasteiger partial charge in [-0.3, -0.25) is 0 Å². The Kier molecular flexibility index (Phi) is 5.68. The normalized spacial score (nSPS) is 15.3. The second-order valence-electron chi connectivity index (χ2n) is 4.84. The van der Waals surface area contributed by atoms with Crippen LogP contribution >= 0.6 is 11.8 Å². The van der Waals surface area contributed by atoms with Gasteiger partial charge >= 0.3 is 0 Å². The van der Waals surface area contributed by atoms with Crippen molar-refractivity contribution < 1.29 is 9.68 Å². The molecule has 0 atom stereocenters. The number of aliphatic hydroxyl groups is 1. The van der Waals surface area contributed by atoms with Crippen molar-refractivity contribution >= 4 is 28.6 Å². The molecule has 0 saturated carbocycles. The van der Waals surface area contributed by atoms with Crippen LogP contribution in [0.3, 0.4) is 0 Å². The van der Waals surface area contributed by atoms with Gasteiger partial charge < -0.3 is 10.0 Å². The first-order valence-corrected chi connectivity index (χ1v) is 8.08. The van der Waals surface area contributed by atoms with Crippen molar-refractivity contribution in [3.63, 3.8) is 0 Å². The molecule has 1 N–H and O–H groups in total. The predicted molar refractivity (Wildman–Crippen MR) is 89.0 cm³/mol. The molecule has 0 amide bonds. The number of hydrogen-bond donors (Lipinski definition) is 1. The first-order valence-electron chi connectivity index (χ1n) is 7.09. The Morgan fingerprint density at radius 1 is 1.30 bits per heavy atom. The summed E-state index contributed by atoms with van der Waals surface area (Å²) in [5, 5.41) is 10.4. The quantitative estimate of drug-likeness (QED) is 0.815. The van der Waals surface area contributed by atoms with Crippen LogP contribution in [-0.2, 0) is 0 Å². The number of thioether (sulfide) groups is 1. The van der Waals surface area contributed by atoms with Crippen LogP contribution < -0.4 is 4.90 Å². The van der Waals surface area contributed by atoms with Crippen molar-refractivity contribution in [1.29, 1.82) is 0 Å². The Hall–Kier alpha value is -1.26. The molecule has 4 heteroatoms. The van der Waals surface area contributed by atoms with Gasteiger partial charge in [-0.2, -0.15) is 0 Å². The van der Waals surface area contributed by atoms with Crippen molar-refractivity contribution in [2.75, 3.05) is 43.9 Å². The SMILES string of the molecule is CCN(CCO)c1ccc(C=CC2=[N+](C)CCS2)cc1. The Labute approximate surface area is 125 Å². The predicted octanol–water partition coefficient (Wildman–Crippen LogP) is 2.31. The number of benzene rings is 1. The number of anilines is 1. The molecule has 3 nitrogen and oxygen atoms in total. The fraction of sp³-hybridized carbons (Fsp3) is 0.438. The maximum Gasteiger partial charge on any atom is 0.234 e. The van der Waals surface area contributed by atoms with Gasteiger partial charge in [0.2, 0.25) is 5.04 Å². The summed E-state index contributed by atoms with van der Waals surface area (Å²) in [6.07, 6.45) is 4.36. The molecule has 1 aliphatic rings. The molecule has 1 heterocycles. The zero-order chi connectivity index (χ0) is 14.4. The number of rotatable bonds is 6. The van der Waals surface area contributed by atoms with Crippen LogP contribution in [0, 0.1) is 0 Å². The van der Waals surface area contributed by atoms with Gasteiger partial charge in [0.15, 0.2) is 6.54 Å². The summed E-state index contributed by atoms with van der Waals surface area (Å²) in [7, 11) is 2.14. The average Bonchev–Trinajstić information content (AvgIpc) is 2.89. The van der Waals surface area contributed by atoms with Gasteiger partial charge in [0.25, 0.3) is 0 Å². The summed E-state index contributed by atoms with van der Waals surface area (Å²) in [5.74, 6) is 1.18. The molecule has 0 spiro atoms. The molecule has 0 radical (unpaired) electrons. The van der Waals surface area contributed by atoms with E-state index in [1.54, 1.807) is 0 Å². The van der Waals surface area contributed by atoms with Crippen LogP contribution in [0.2, 0.25) is 0 Å². The molecule has 20 heavy (non-hydrogen) atoms. The second-order valence-corrected chi connectivity index (χ2v) is 5.95. The molecular formula is C16H23N2OS+. The highest BCUT2D eigenvalue weighted by atomic mass is 32.2. The van der Waals surface area contributed by atoms with Crippen LogP contribution in [0.1, 0.15) is 12.5 Å². The first kappa shape index (κ1) is 15.1. The highest BCUT2D eigenvalue weighted by molar-refractivity contribution is 8.14. The lowest BCUT2D eigenvalue weighted by molar-refractivity contribution is -0.485. The molecule has 0 fully saturated rings. The van der Waals surface area contributed by atoms with Gasteiger partial charge in [-0.15, -0.1) is 0 Å². The molecule has 0 aromatic heterocycles. The maximum atomic E-state index is 9.05. The molecule has 1 aromatic rings. The van der Waals surface area contributed by atoms with Crippen LogP contribution in [0.15, 0.2) is 30.3 Å². The van der Waals surface area contributed by atoms with Crippen LogP contribution in [0.5, 0.6) is 0 Å². The summed E-state index contributed by atoms with van der Waals surface area (Å²) in [5.41, 5.74) is 2.38.